The van der Waals surface area contributed by atoms with Gasteiger partial charge in [-0.2, -0.15) is 0 Å². The third-order valence-electron chi connectivity index (χ3n) is 4.17. The molecule has 1 saturated carbocycles. The third kappa shape index (κ3) is 4.25. The summed E-state index contributed by atoms with van der Waals surface area (Å²) in [4.78, 5) is 0.0763. The molecule has 2 aromatic carbocycles. The monoisotopic (exact) mass is 394 g/mol. The van der Waals surface area contributed by atoms with Crippen LogP contribution in [-0.2, 0) is 20.0 Å². The highest BCUT2D eigenvalue weighted by atomic mass is 32.2. The molecule has 0 saturated heterocycles. The van der Waals surface area contributed by atoms with E-state index >= 15 is 0 Å². The molecule has 0 aromatic heterocycles. The van der Waals surface area contributed by atoms with Gasteiger partial charge >= 0.3 is 0 Å². The van der Waals surface area contributed by atoms with Gasteiger partial charge in [0, 0.05) is 6.04 Å². The zero-order valence-corrected chi connectivity index (χ0v) is 16.3. The van der Waals surface area contributed by atoms with Crippen molar-refractivity contribution in [2.75, 3.05) is 4.72 Å². The Morgan fingerprint density at radius 3 is 1.92 bits per heavy atom. The lowest BCUT2D eigenvalue weighted by Gasteiger charge is -2.15. The maximum atomic E-state index is 12.6. The smallest absolute Gasteiger partial charge is 0.261 e. The fraction of sp³-hybridized carbons (Fsp3) is 0.333. The van der Waals surface area contributed by atoms with Crippen LogP contribution in [0.25, 0.3) is 0 Å². The highest BCUT2D eigenvalue weighted by molar-refractivity contribution is 7.92. The second-order valence-corrected chi connectivity index (χ2v) is 10.1. The molecule has 0 unspecified atom stereocenters. The van der Waals surface area contributed by atoms with Crippen LogP contribution in [0, 0.1) is 0 Å². The van der Waals surface area contributed by atoms with Crippen molar-refractivity contribution in [3.8, 4) is 0 Å². The number of nitrogens with one attached hydrogen (secondary N) is 2. The van der Waals surface area contributed by atoms with Gasteiger partial charge in [-0.1, -0.05) is 32.0 Å². The first-order chi connectivity index (χ1) is 12.2. The van der Waals surface area contributed by atoms with Crippen LogP contribution in [0.5, 0.6) is 0 Å². The van der Waals surface area contributed by atoms with Gasteiger partial charge in [0.15, 0.2) is 0 Å². The van der Waals surface area contributed by atoms with Crippen molar-refractivity contribution in [3.05, 3.63) is 54.1 Å². The number of rotatable bonds is 7. The fourth-order valence-corrected chi connectivity index (χ4v) is 4.98. The molecule has 2 aromatic rings. The largest absolute Gasteiger partial charge is 0.279 e. The molecule has 26 heavy (non-hydrogen) atoms. The SMILES string of the molecule is CC(C)c1ccccc1NS(=O)(=O)c1ccc(S(=O)(=O)NC2CC2)cc1. The van der Waals surface area contributed by atoms with Crippen molar-refractivity contribution in [1.29, 1.82) is 0 Å². The average Bonchev–Trinajstić information content (AvgIpc) is 3.38. The third-order valence-corrected chi connectivity index (χ3v) is 7.09. The molecule has 0 spiro atoms. The number of para-hydroxylation sites is 1. The number of hydrogen-bond acceptors (Lipinski definition) is 4. The first-order valence-electron chi connectivity index (χ1n) is 8.43. The lowest BCUT2D eigenvalue weighted by Crippen LogP contribution is -2.25. The summed E-state index contributed by atoms with van der Waals surface area (Å²) in [5.74, 6) is 0.162. The first kappa shape index (κ1) is 18.9. The average molecular weight is 395 g/mol. The lowest BCUT2D eigenvalue weighted by molar-refractivity contribution is 0.580. The Bertz CT molecular complexity index is 994. The van der Waals surface area contributed by atoms with E-state index in [1.54, 1.807) is 12.1 Å². The van der Waals surface area contributed by atoms with Crippen LogP contribution < -0.4 is 9.44 Å². The predicted octanol–water partition coefficient (Wildman–Crippen LogP) is 3.05. The highest BCUT2D eigenvalue weighted by Gasteiger charge is 2.28. The topological polar surface area (TPSA) is 92.3 Å². The molecule has 8 heteroatoms. The van der Waals surface area contributed by atoms with Crippen molar-refractivity contribution in [3.63, 3.8) is 0 Å². The molecule has 1 aliphatic carbocycles. The van der Waals surface area contributed by atoms with E-state index in [2.05, 4.69) is 9.44 Å². The summed E-state index contributed by atoms with van der Waals surface area (Å²) in [7, 11) is -7.41. The van der Waals surface area contributed by atoms with E-state index < -0.39 is 20.0 Å². The normalized spacial score (nSPS) is 15.2. The summed E-state index contributed by atoms with van der Waals surface area (Å²) in [5, 5.41) is 0. The van der Waals surface area contributed by atoms with E-state index in [0.717, 1.165) is 18.4 Å². The quantitative estimate of drug-likeness (QED) is 0.755. The van der Waals surface area contributed by atoms with Crippen LogP contribution in [0.4, 0.5) is 5.69 Å². The van der Waals surface area contributed by atoms with Crippen molar-refractivity contribution in [1.82, 2.24) is 4.72 Å². The molecule has 0 bridgehead atoms. The van der Waals surface area contributed by atoms with Gasteiger partial charge in [-0.15, -0.1) is 0 Å². The van der Waals surface area contributed by atoms with Crippen LogP contribution in [0.3, 0.4) is 0 Å². The highest BCUT2D eigenvalue weighted by Crippen LogP contribution is 2.27. The minimum atomic E-state index is -3.81. The van der Waals surface area contributed by atoms with Gasteiger partial charge in [-0.25, -0.2) is 21.6 Å². The molecule has 2 N–H and O–H groups in total. The van der Waals surface area contributed by atoms with Gasteiger partial charge < -0.3 is 0 Å². The Morgan fingerprint density at radius 1 is 0.846 bits per heavy atom. The van der Waals surface area contributed by atoms with Crippen molar-refractivity contribution < 1.29 is 16.8 Å². The molecule has 3 rings (SSSR count). The first-order valence-corrected chi connectivity index (χ1v) is 11.4. The van der Waals surface area contributed by atoms with E-state index in [9.17, 15) is 16.8 Å². The summed E-state index contributed by atoms with van der Waals surface area (Å²) in [6, 6.07) is 12.5. The number of sulfonamides is 2. The number of hydrogen-bond donors (Lipinski definition) is 2. The standard InChI is InChI=1S/C18H22N2O4S2/c1-13(2)17-5-3-4-6-18(17)20-26(23,24)16-11-9-15(10-12-16)25(21,22)19-14-7-8-14/h3-6,9-14,19-20H,7-8H2,1-2H3. The second kappa shape index (κ2) is 7.02. The summed E-state index contributed by atoms with van der Waals surface area (Å²) in [5.41, 5.74) is 1.42. The Balaban J connectivity index is 1.84. The molecule has 140 valence electrons. The molecular weight excluding hydrogens is 372 g/mol. The van der Waals surface area contributed by atoms with Crippen LogP contribution >= 0.6 is 0 Å². The molecular formula is C18H22N2O4S2. The molecule has 0 aliphatic heterocycles. The Hall–Kier alpha value is -1.90. The zero-order chi connectivity index (χ0) is 18.9. The summed E-state index contributed by atoms with van der Waals surface area (Å²) in [6.45, 7) is 3.97. The number of benzene rings is 2. The minimum absolute atomic E-state index is 0.00221. The maximum Gasteiger partial charge on any atom is 0.261 e. The van der Waals surface area contributed by atoms with Gasteiger partial charge in [-0.3, -0.25) is 4.72 Å². The van der Waals surface area contributed by atoms with E-state index in [0.29, 0.717) is 5.69 Å². The molecule has 0 amide bonds. The molecule has 0 radical (unpaired) electrons. The van der Waals surface area contributed by atoms with E-state index in [1.165, 1.54) is 24.3 Å². The van der Waals surface area contributed by atoms with Gasteiger partial charge in [0.05, 0.1) is 15.5 Å². The van der Waals surface area contributed by atoms with E-state index in [1.807, 2.05) is 26.0 Å². The van der Waals surface area contributed by atoms with E-state index in [4.69, 9.17) is 0 Å². The van der Waals surface area contributed by atoms with Gasteiger partial charge in [-0.05, 0) is 54.7 Å². The Morgan fingerprint density at radius 2 is 1.38 bits per heavy atom. The minimum Gasteiger partial charge on any atom is -0.279 e. The molecule has 6 nitrogen and oxygen atoms in total. The summed E-state index contributed by atoms with van der Waals surface area (Å²) in [6.07, 6.45) is 1.68. The fourth-order valence-electron chi connectivity index (χ4n) is 2.58. The Kier molecular flexibility index (Phi) is 5.09. The van der Waals surface area contributed by atoms with Crippen LogP contribution in [0.1, 0.15) is 38.2 Å². The van der Waals surface area contributed by atoms with E-state index in [-0.39, 0.29) is 21.8 Å². The van der Waals surface area contributed by atoms with Crippen molar-refractivity contribution in [2.24, 2.45) is 0 Å². The van der Waals surface area contributed by atoms with Crippen LogP contribution in [-0.4, -0.2) is 22.9 Å². The molecule has 1 fully saturated rings. The lowest BCUT2D eigenvalue weighted by atomic mass is 10.0. The van der Waals surface area contributed by atoms with Gasteiger partial charge in [0.1, 0.15) is 0 Å². The molecule has 0 heterocycles. The zero-order valence-electron chi connectivity index (χ0n) is 14.6. The molecule has 0 atom stereocenters. The second-order valence-electron chi connectivity index (χ2n) is 6.71. The summed E-state index contributed by atoms with van der Waals surface area (Å²) < 4.78 is 54.8. The van der Waals surface area contributed by atoms with Gasteiger partial charge in [0.2, 0.25) is 10.0 Å². The van der Waals surface area contributed by atoms with Crippen molar-refractivity contribution >= 4 is 25.7 Å². The predicted molar refractivity (Wildman–Crippen MR) is 101 cm³/mol. The summed E-state index contributed by atoms with van der Waals surface area (Å²) >= 11 is 0. The maximum absolute atomic E-state index is 12.6. The Labute approximate surface area is 154 Å². The van der Waals surface area contributed by atoms with Gasteiger partial charge in [0.25, 0.3) is 10.0 Å². The van der Waals surface area contributed by atoms with Crippen molar-refractivity contribution in [2.45, 2.75) is 48.4 Å². The number of anilines is 1. The molecule has 1 aliphatic rings. The van der Waals surface area contributed by atoms with Crippen LogP contribution in [0.2, 0.25) is 0 Å². The van der Waals surface area contributed by atoms with Crippen LogP contribution in [0.15, 0.2) is 58.3 Å².